The van der Waals surface area contributed by atoms with Gasteiger partial charge >= 0.3 is 0 Å². The molecule has 1 unspecified atom stereocenters. The Bertz CT molecular complexity index is 600. The average Bonchev–Trinajstić information content (AvgIpc) is 2.94. The summed E-state index contributed by atoms with van der Waals surface area (Å²) in [5.74, 6) is 0. The average molecular weight is 298 g/mol. The van der Waals surface area contributed by atoms with E-state index in [1.54, 1.807) is 6.20 Å². The summed E-state index contributed by atoms with van der Waals surface area (Å²) in [4.78, 5) is 4.51. The van der Waals surface area contributed by atoms with Gasteiger partial charge in [-0.15, -0.1) is 0 Å². The topological polar surface area (TPSA) is 63.0 Å². The van der Waals surface area contributed by atoms with Crippen LogP contribution in [-0.2, 0) is 12.8 Å². The molecule has 22 heavy (non-hydrogen) atoms. The number of hydrogen-bond donors (Lipinski definition) is 2. The number of aryl methyl sites for hydroxylation is 2. The van der Waals surface area contributed by atoms with Crippen LogP contribution in [0.4, 0.5) is 0 Å². The molecule has 4 rings (SSSR count). The van der Waals surface area contributed by atoms with E-state index in [4.69, 9.17) is 0 Å². The Hall–Kier alpha value is -1.72. The fourth-order valence-electron chi connectivity index (χ4n) is 3.77. The Morgan fingerprint density at radius 2 is 2.09 bits per heavy atom. The molecule has 0 aliphatic heterocycles. The van der Waals surface area contributed by atoms with Crippen molar-refractivity contribution in [2.45, 2.75) is 56.3 Å². The molecule has 0 bridgehead atoms. The van der Waals surface area contributed by atoms with E-state index in [9.17, 15) is 5.11 Å². The van der Waals surface area contributed by atoms with Crippen LogP contribution in [0.2, 0.25) is 0 Å². The molecule has 2 aliphatic carbocycles. The summed E-state index contributed by atoms with van der Waals surface area (Å²) in [7, 11) is 0. The number of aliphatic hydroxyl groups is 1. The van der Waals surface area contributed by atoms with Gasteiger partial charge in [-0.25, -0.2) is 0 Å². The van der Waals surface area contributed by atoms with Crippen molar-refractivity contribution < 1.29 is 5.11 Å². The first kappa shape index (κ1) is 13.9. The molecule has 0 radical (unpaired) electrons. The van der Waals surface area contributed by atoms with E-state index in [1.165, 1.54) is 11.3 Å². The monoisotopic (exact) mass is 298 g/mol. The first-order valence-electron chi connectivity index (χ1n) is 8.17. The van der Waals surface area contributed by atoms with Gasteiger partial charge in [-0.05, 0) is 49.8 Å². The molecule has 2 aromatic rings. The maximum absolute atomic E-state index is 10.1. The van der Waals surface area contributed by atoms with Gasteiger partial charge in [-0.1, -0.05) is 6.07 Å². The molecule has 2 aromatic heterocycles. The number of nitrogens with one attached hydrogen (secondary N) is 1. The normalized spacial score (nSPS) is 31.1. The minimum absolute atomic E-state index is 0.0683. The molecule has 0 saturated heterocycles. The van der Waals surface area contributed by atoms with E-state index < -0.39 is 0 Å². The molecular formula is C17H22N4O. The first-order chi connectivity index (χ1) is 10.8. The molecule has 4 atom stereocenters. The van der Waals surface area contributed by atoms with Crippen LogP contribution in [0.25, 0.3) is 0 Å². The third-order valence-electron chi connectivity index (χ3n) is 5.06. The lowest BCUT2D eigenvalue weighted by atomic mass is 9.82. The molecule has 2 N–H and O–H groups in total. The quantitative estimate of drug-likeness (QED) is 0.843. The lowest BCUT2D eigenvalue weighted by Gasteiger charge is -2.43. The Morgan fingerprint density at radius 3 is 2.91 bits per heavy atom. The van der Waals surface area contributed by atoms with Crippen LogP contribution in [0, 0.1) is 0 Å². The zero-order chi connectivity index (χ0) is 14.9. The highest BCUT2D eigenvalue weighted by Gasteiger charge is 2.42. The minimum Gasteiger partial charge on any atom is -0.391 e. The molecule has 116 valence electrons. The SMILES string of the molecule is O[C@@H]1C[C@H](NC2CCc3cccnc3CC2)[C@H]1n1cccn1. The molecular weight excluding hydrogens is 276 g/mol. The maximum atomic E-state index is 10.1. The smallest absolute Gasteiger partial charge is 0.0932 e. The predicted molar refractivity (Wildman–Crippen MR) is 83.5 cm³/mol. The number of nitrogens with zero attached hydrogens (tertiary/aromatic N) is 3. The van der Waals surface area contributed by atoms with Crippen LogP contribution in [0.5, 0.6) is 0 Å². The second-order valence-corrected chi connectivity index (χ2v) is 6.44. The van der Waals surface area contributed by atoms with Crippen molar-refractivity contribution in [3.63, 3.8) is 0 Å². The number of hydrogen-bond acceptors (Lipinski definition) is 4. The minimum atomic E-state index is -0.290. The summed E-state index contributed by atoms with van der Waals surface area (Å²) in [6.07, 6.45) is 10.5. The summed E-state index contributed by atoms with van der Waals surface area (Å²) in [6, 6.07) is 7.01. The van der Waals surface area contributed by atoms with Gasteiger partial charge in [0, 0.05) is 36.4 Å². The molecule has 0 aromatic carbocycles. The largest absolute Gasteiger partial charge is 0.391 e. The molecule has 2 heterocycles. The maximum Gasteiger partial charge on any atom is 0.0932 e. The van der Waals surface area contributed by atoms with Crippen LogP contribution in [-0.4, -0.2) is 38.1 Å². The zero-order valence-electron chi connectivity index (χ0n) is 12.6. The van der Waals surface area contributed by atoms with Gasteiger partial charge < -0.3 is 10.4 Å². The van der Waals surface area contributed by atoms with Crippen molar-refractivity contribution in [1.82, 2.24) is 20.1 Å². The summed E-state index contributed by atoms with van der Waals surface area (Å²) in [6.45, 7) is 0. The Labute approximate surface area is 130 Å². The van der Waals surface area contributed by atoms with E-state index in [-0.39, 0.29) is 12.1 Å². The van der Waals surface area contributed by atoms with E-state index in [2.05, 4.69) is 21.5 Å². The van der Waals surface area contributed by atoms with E-state index in [0.717, 1.165) is 32.1 Å². The Kier molecular flexibility index (Phi) is 3.68. The first-order valence-corrected chi connectivity index (χ1v) is 8.17. The van der Waals surface area contributed by atoms with Crippen LogP contribution in [0.3, 0.4) is 0 Å². The summed E-state index contributed by atoms with van der Waals surface area (Å²) >= 11 is 0. The summed E-state index contributed by atoms with van der Waals surface area (Å²) < 4.78 is 1.89. The zero-order valence-corrected chi connectivity index (χ0v) is 12.6. The van der Waals surface area contributed by atoms with E-state index in [0.29, 0.717) is 12.1 Å². The second kappa shape index (κ2) is 5.82. The van der Waals surface area contributed by atoms with Crippen molar-refractivity contribution >= 4 is 0 Å². The lowest BCUT2D eigenvalue weighted by molar-refractivity contribution is -0.0122. The van der Waals surface area contributed by atoms with Crippen LogP contribution < -0.4 is 5.32 Å². The van der Waals surface area contributed by atoms with Crippen molar-refractivity contribution in [3.8, 4) is 0 Å². The van der Waals surface area contributed by atoms with Gasteiger partial charge in [0.15, 0.2) is 0 Å². The number of aromatic nitrogens is 3. The number of fused-ring (bicyclic) bond motifs is 1. The molecule has 5 nitrogen and oxygen atoms in total. The Balaban J connectivity index is 1.40. The van der Waals surface area contributed by atoms with Gasteiger partial charge in [0.05, 0.1) is 12.1 Å². The van der Waals surface area contributed by atoms with Gasteiger partial charge in [0.2, 0.25) is 0 Å². The molecule has 2 aliphatic rings. The fraction of sp³-hybridized carbons (Fsp3) is 0.529. The van der Waals surface area contributed by atoms with Crippen molar-refractivity contribution in [1.29, 1.82) is 0 Å². The third-order valence-corrected chi connectivity index (χ3v) is 5.06. The van der Waals surface area contributed by atoms with Crippen molar-refractivity contribution in [2.75, 3.05) is 0 Å². The highest BCUT2D eigenvalue weighted by Crippen LogP contribution is 2.33. The third kappa shape index (κ3) is 2.55. The predicted octanol–water partition coefficient (Wildman–Crippen LogP) is 1.49. The van der Waals surface area contributed by atoms with Gasteiger partial charge in [0.1, 0.15) is 0 Å². The Morgan fingerprint density at radius 1 is 1.18 bits per heavy atom. The molecule has 1 fully saturated rings. The van der Waals surface area contributed by atoms with Gasteiger partial charge in [0.25, 0.3) is 0 Å². The van der Waals surface area contributed by atoms with Crippen molar-refractivity contribution in [3.05, 3.63) is 48.0 Å². The highest BCUT2D eigenvalue weighted by atomic mass is 16.3. The summed E-state index contributed by atoms with van der Waals surface area (Å²) in [5.41, 5.74) is 2.65. The fourth-order valence-corrected chi connectivity index (χ4v) is 3.77. The molecule has 0 amide bonds. The highest BCUT2D eigenvalue weighted by molar-refractivity contribution is 5.21. The van der Waals surface area contributed by atoms with Gasteiger partial charge in [-0.3, -0.25) is 9.67 Å². The molecule has 0 spiro atoms. The second-order valence-electron chi connectivity index (χ2n) is 6.44. The van der Waals surface area contributed by atoms with Crippen molar-refractivity contribution in [2.24, 2.45) is 0 Å². The van der Waals surface area contributed by atoms with Gasteiger partial charge in [-0.2, -0.15) is 5.10 Å². The van der Waals surface area contributed by atoms with Crippen LogP contribution >= 0.6 is 0 Å². The summed E-state index contributed by atoms with van der Waals surface area (Å²) in [5, 5.41) is 18.1. The number of pyridine rings is 1. The lowest BCUT2D eigenvalue weighted by Crippen LogP contribution is -2.57. The molecule has 5 heteroatoms. The molecule has 1 saturated carbocycles. The van der Waals surface area contributed by atoms with E-state index >= 15 is 0 Å². The van der Waals surface area contributed by atoms with Crippen LogP contribution in [0.15, 0.2) is 36.8 Å². The van der Waals surface area contributed by atoms with E-state index in [1.807, 2.05) is 29.2 Å². The number of rotatable bonds is 3. The number of aliphatic hydroxyl groups excluding tert-OH is 1. The standard InChI is InChI=1S/C17H22N4O/c22-16-11-15(17(16)21-10-2-9-19-21)20-13-5-4-12-3-1-8-18-14(12)7-6-13/h1-3,8-10,13,15-17,20,22H,4-7,11H2/t13?,15-,16+,17+/m0/s1. The van der Waals surface area contributed by atoms with Crippen LogP contribution in [0.1, 0.15) is 36.6 Å².